The average Bonchev–Trinajstić information content (AvgIpc) is 2.95. The zero-order valence-corrected chi connectivity index (χ0v) is 13.1. The molecule has 1 aromatic heterocycles. The third kappa shape index (κ3) is 3.47. The van der Waals surface area contributed by atoms with Gasteiger partial charge in [-0.2, -0.15) is 0 Å². The maximum atomic E-state index is 12.2. The summed E-state index contributed by atoms with van der Waals surface area (Å²) in [4.78, 5) is 31.6. The summed E-state index contributed by atoms with van der Waals surface area (Å²) >= 11 is 7.23. The summed E-state index contributed by atoms with van der Waals surface area (Å²) in [5.74, 6) is -1.33. The molecule has 114 valence electrons. The molecule has 8 heteroatoms. The van der Waals surface area contributed by atoms with E-state index >= 15 is 0 Å². The van der Waals surface area contributed by atoms with E-state index in [9.17, 15) is 14.7 Å². The molecular formula is C13H16ClN3O3S. The smallest absolute Gasteiger partial charge is 0.311 e. The van der Waals surface area contributed by atoms with Crippen LogP contribution in [0.5, 0.6) is 0 Å². The Labute approximate surface area is 131 Å². The minimum absolute atomic E-state index is 0.0783. The van der Waals surface area contributed by atoms with Gasteiger partial charge in [-0.25, -0.2) is 9.97 Å². The number of thioether (sulfide) groups is 1. The standard InChI is InChI=1S/C13H16ClN3O3S/c1-21-12-15-6-8(14)9(17-12)10(18)16-7-13(11(19)20)4-2-3-5-13/h6H,2-5,7H2,1H3,(H,16,18)(H,19,20). The van der Waals surface area contributed by atoms with Crippen LogP contribution in [0.3, 0.4) is 0 Å². The molecule has 0 bridgehead atoms. The lowest BCUT2D eigenvalue weighted by molar-refractivity contribution is -0.148. The molecule has 21 heavy (non-hydrogen) atoms. The van der Waals surface area contributed by atoms with Gasteiger partial charge in [0, 0.05) is 6.54 Å². The highest BCUT2D eigenvalue weighted by atomic mass is 35.5. The van der Waals surface area contributed by atoms with Gasteiger partial charge in [0.15, 0.2) is 10.9 Å². The molecule has 1 fully saturated rings. The van der Waals surface area contributed by atoms with Crippen LogP contribution in [0.25, 0.3) is 0 Å². The number of carbonyl (C=O) groups excluding carboxylic acids is 1. The lowest BCUT2D eigenvalue weighted by Crippen LogP contribution is -2.41. The fraction of sp³-hybridized carbons (Fsp3) is 0.538. The van der Waals surface area contributed by atoms with E-state index in [1.54, 1.807) is 6.26 Å². The van der Waals surface area contributed by atoms with Crippen molar-refractivity contribution >= 4 is 35.2 Å². The van der Waals surface area contributed by atoms with Crippen molar-refractivity contribution in [3.63, 3.8) is 0 Å². The van der Waals surface area contributed by atoms with Crippen molar-refractivity contribution in [1.29, 1.82) is 0 Å². The summed E-state index contributed by atoms with van der Waals surface area (Å²) in [5, 5.41) is 12.6. The van der Waals surface area contributed by atoms with E-state index in [1.165, 1.54) is 18.0 Å². The van der Waals surface area contributed by atoms with Crippen molar-refractivity contribution in [3.05, 3.63) is 16.9 Å². The molecule has 2 N–H and O–H groups in total. The Hall–Kier alpha value is -1.34. The molecule has 2 rings (SSSR count). The van der Waals surface area contributed by atoms with Crippen molar-refractivity contribution < 1.29 is 14.7 Å². The van der Waals surface area contributed by atoms with Crippen LogP contribution < -0.4 is 5.32 Å². The van der Waals surface area contributed by atoms with Crippen molar-refractivity contribution in [2.24, 2.45) is 5.41 Å². The van der Waals surface area contributed by atoms with Crippen LogP contribution in [0, 0.1) is 5.41 Å². The monoisotopic (exact) mass is 329 g/mol. The Morgan fingerprint density at radius 3 is 2.71 bits per heavy atom. The number of halogens is 1. The second-order valence-corrected chi connectivity index (χ2v) is 6.21. The van der Waals surface area contributed by atoms with Gasteiger partial charge in [0.1, 0.15) is 0 Å². The zero-order valence-electron chi connectivity index (χ0n) is 11.6. The quantitative estimate of drug-likeness (QED) is 0.635. The number of nitrogens with zero attached hydrogens (tertiary/aromatic N) is 2. The minimum atomic E-state index is -0.864. The molecule has 6 nitrogen and oxygen atoms in total. The molecule has 0 radical (unpaired) electrons. The summed E-state index contributed by atoms with van der Waals surface area (Å²) in [6.45, 7) is 0.0934. The third-order valence-electron chi connectivity index (χ3n) is 3.72. The number of nitrogens with one attached hydrogen (secondary N) is 1. The first kappa shape index (κ1) is 16.0. The predicted molar refractivity (Wildman–Crippen MR) is 79.7 cm³/mol. The van der Waals surface area contributed by atoms with E-state index < -0.39 is 17.3 Å². The molecule has 1 amide bonds. The van der Waals surface area contributed by atoms with Crippen LogP contribution in [0.15, 0.2) is 11.4 Å². The third-order valence-corrected chi connectivity index (χ3v) is 4.56. The summed E-state index contributed by atoms with van der Waals surface area (Å²) in [6.07, 6.45) is 6.06. The van der Waals surface area contributed by atoms with E-state index in [4.69, 9.17) is 11.6 Å². The average molecular weight is 330 g/mol. The van der Waals surface area contributed by atoms with Crippen molar-refractivity contribution in [3.8, 4) is 0 Å². The second-order valence-electron chi connectivity index (χ2n) is 5.03. The van der Waals surface area contributed by atoms with E-state index in [0.29, 0.717) is 18.0 Å². The summed E-state index contributed by atoms with van der Waals surface area (Å²) in [6, 6.07) is 0. The fourth-order valence-corrected chi connectivity index (χ4v) is 2.98. The van der Waals surface area contributed by atoms with E-state index in [0.717, 1.165) is 12.8 Å². The van der Waals surface area contributed by atoms with Gasteiger partial charge in [-0.3, -0.25) is 9.59 Å². The first-order chi connectivity index (χ1) is 9.98. The van der Waals surface area contributed by atoms with E-state index in [1.807, 2.05) is 0 Å². The van der Waals surface area contributed by atoms with Gasteiger partial charge in [-0.05, 0) is 19.1 Å². The molecule has 1 heterocycles. The van der Waals surface area contributed by atoms with Gasteiger partial charge >= 0.3 is 5.97 Å². The first-order valence-corrected chi connectivity index (χ1v) is 8.17. The summed E-state index contributed by atoms with van der Waals surface area (Å²) < 4.78 is 0. The number of amides is 1. The van der Waals surface area contributed by atoms with Crippen molar-refractivity contribution in [1.82, 2.24) is 15.3 Å². The number of carboxylic acid groups (broad SMARTS) is 1. The van der Waals surface area contributed by atoms with Crippen LogP contribution in [0.1, 0.15) is 36.2 Å². The highest BCUT2D eigenvalue weighted by Gasteiger charge is 2.41. The lowest BCUT2D eigenvalue weighted by atomic mass is 9.86. The van der Waals surface area contributed by atoms with Crippen LogP contribution >= 0.6 is 23.4 Å². The van der Waals surface area contributed by atoms with E-state index in [2.05, 4.69) is 15.3 Å². The molecule has 1 aliphatic rings. The van der Waals surface area contributed by atoms with Crippen LogP contribution in [0.4, 0.5) is 0 Å². The summed E-state index contributed by atoms with van der Waals surface area (Å²) in [7, 11) is 0. The Kier molecular flexibility index (Phi) is 5.05. The number of carbonyl (C=O) groups is 2. The second kappa shape index (κ2) is 6.62. The van der Waals surface area contributed by atoms with Gasteiger partial charge in [-0.1, -0.05) is 36.2 Å². The van der Waals surface area contributed by atoms with Gasteiger partial charge < -0.3 is 10.4 Å². The van der Waals surface area contributed by atoms with Crippen LogP contribution in [-0.4, -0.2) is 39.8 Å². The first-order valence-electron chi connectivity index (χ1n) is 6.57. The van der Waals surface area contributed by atoms with Crippen LogP contribution in [-0.2, 0) is 4.79 Å². The number of hydrogen-bond acceptors (Lipinski definition) is 5. The Balaban J connectivity index is 2.09. The summed E-state index contributed by atoms with van der Waals surface area (Å²) in [5.41, 5.74) is -0.785. The Morgan fingerprint density at radius 2 is 2.14 bits per heavy atom. The van der Waals surface area contributed by atoms with Gasteiger partial charge in [0.2, 0.25) is 0 Å². The van der Waals surface area contributed by atoms with Gasteiger partial charge in [0.25, 0.3) is 5.91 Å². The molecule has 0 saturated heterocycles. The SMILES string of the molecule is CSc1ncc(Cl)c(C(=O)NCC2(C(=O)O)CCCC2)n1. The zero-order chi connectivity index (χ0) is 15.5. The van der Waals surface area contributed by atoms with Gasteiger partial charge in [0.05, 0.1) is 16.6 Å². The molecule has 0 unspecified atom stereocenters. The number of aromatic nitrogens is 2. The van der Waals surface area contributed by atoms with Crippen LogP contribution in [0.2, 0.25) is 5.02 Å². The molecule has 1 aliphatic carbocycles. The van der Waals surface area contributed by atoms with Gasteiger partial charge in [-0.15, -0.1) is 0 Å². The number of rotatable bonds is 5. The number of aliphatic carboxylic acids is 1. The normalized spacial score (nSPS) is 16.7. The molecule has 0 spiro atoms. The van der Waals surface area contributed by atoms with Crippen molar-refractivity contribution in [2.75, 3.05) is 12.8 Å². The predicted octanol–water partition coefficient (Wildman–Crippen LogP) is 2.23. The molecular weight excluding hydrogens is 314 g/mol. The molecule has 1 aromatic rings. The minimum Gasteiger partial charge on any atom is -0.481 e. The van der Waals surface area contributed by atoms with E-state index in [-0.39, 0.29) is 17.3 Å². The van der Waals surface area contributed by atoms with Crippen molar-refractivity contribution in [2.45, 2.75) is 30.8 Å². The molecule has 1 saturated carbocycles. The maximum Gasteiger partial charge on any atom is 0.311 e. The largest absolute Gasteiger partial charge is 0.481 e. The highest BCUT2D eigenvalue weighted by molar-refractivity contribution is 7.98. The molecule has 0 aliphatic heterocycles. The highest BCUT2D eigenvalue weighted by Crippen LogP contribution is 2.37. The molecule has 0 atom stereocenters. The fourth-order valence-electron chi connectivity index (χ4n) is 2.46. The number of hydrogen-bond donors (Lipinski definition) is 2. The Bertz CT molecular complexity index is 562. The maximum absolute atomic E-state index is 12.2. The lowest BCUT2D eigenvalue weighted by Gasteiger charge is -2.23. The number of carboxylic acids is 1. The molecule has 0 aromatic carbocycles. The topological polar surface area (TPSA) is 92.2 Å². The Morgan fingerprint density at radius 1 is 1.48 bits per heavy atom.